The second-order valence-electron chi connectivity index (χ2n) is 7.17. The third kappa shape index (κ3) is 3.52. The summed E-state index contributed by atoms with van der Waals surface area (Å²) in [5, 5.41) is 0. The van der Waals surface area contributed by atoms with E-state index in [1.54, 1.807) is 19.5 Å². The molecule has 2 aliphatic rings. The monoisotopic (exact) mass is 352 g/mol. The van der Waals surface area contributed by atoms with Gasteiger partial charge in [-0.1, -0.05) is 12.1 Å². The first-order valence-corrected chi connectivity index (χ1v) is 9.20. The molecule has 0 spiro atoms. The molecule has 26 heavy (non-hydrogen) atoms. The van der Waals surface area contributed by atoms with Crippen LogP contribution in [-0.2, 0) is 11.2 Å². The zero-order chi connectivity index (χ0) is 17.9. The fourth-order valence-corrected chi connectivity index (χ4v) is 4.23. The average Bonchev–Trinajstić information content (AvgIpc) is 3.25. The number of rotatable bonds is 5. The van der Waals surface area contributed by atoms with Crippen molar-refractivity contribution in [3.8, 4) is 11.5 Å². The highest BCUT2D eigenvalue weighted by molar-refractivity contribution is 5.79. The van der Waals surface area contributed by atoms with E-state index in [4.69, 9.17) is 9.47 Å². The minimum absolute atomic E-state index is 0.179. The quantitative estimate of drug-likeness (QED) is 0.830. The van der Waals surface area contributed by atoms with Crippen molar-refractivity contribution >= 4 is 5.91 Å². The van der Waals surface area contributed by atoms with E-state index in [-0.39, 0.29) is 12.0 Å². The summed E-state index contributed by atoms with van der Waals surface area (Å²) in [5.74, 6) is 2.76. The molecule has 1 aliphatic heterocycles. The average molecular weight is 352 g/mol. The number of aromatic nitrogens is 1. The van der Waals surface area contributed by atoms with Gasteiger partial charge in [0.25, 0.3) is 0 Å². The van der Waals surface area contributed by atoms with E-state index >= 15 is 0 Å². The lowest BCUT2D eigenvalue weighted by atomic mass is 9.99. The topological polar surface area (TPSA) is 51.7 Å². The fraction of sp³-hybridized carbons (Fsp3) is 0.429. The first kappa shape index (κ1) is 16.9. The Labute approximate surface area is 153 Å². The number of carbonyl (C=O) groups is 1. The van der Waals surface area contributed by atoms with Crippen LogP contribution in [0, 0.1) is 11.8 Å². The van der Waals surface area contributed by atoms with E-state index in [0.717, 1.165) is 43.0 Å². The molecule has 2 aromatic rings. The summed E-state index contributed by atoms with van der Waals surface area (Å²) in [7, 11) is 1.64. The second kappa shape index (κ2) is 7.36. The molecule has 1 saturated carbocycles. The van der Waals surface area contributed by atoms with Crippen LogP contribution in [0.4, 0.5) is 0 Å². The summed E-state index contributed by atoms with van der Waals surface area (Å²) < 4.78 is 11.4. The Kier molecular flexibility index (Phi) is 4.78. The van der Waals surface area contributed by atoms with Gasteiger partial charge in [-0.2, -0.15) is 0 Å². The molecule has 0 bridgehead atoms. The second-order valence-corrected chi connectivity index (χ2v) is 7.17. The van der Waals surface area contributed by atoms with Crippen molar-refractivity contribution in [3.05, 3.63) is 54.4 Å². The van der Waals surface area contributed by atoms with Gasteiger partial charge in [-0.15, -0.1) is 0 Å². The largest absolute Gasteiger partial charge is 0.497 e. The summed E-state index contributed by atoms with van der Waals surface area (Å²) in [6.45, 7) is 1.64. The van der Waals surface area contributed by atoms with Gasteiger partial charge in [-0.05, 0) is 48.6 Å². The van der Waals surface area contributed by atoms with Gasteiger partial charge in [0.2, 0.25) is 5.91 Å². The van der Waals surface area contributed by atoms with E-state index in [1.165, 1.54) is 0 Å². The van der Waals surface area contributed by atoms with Gasteiger partial charge in [-0.25, -0.2) is 0 Å². The van der Waals surface area contributed by atoms with Crippen molar-refractivity contribution < 1.29 is 14.3 Å². The molecule has 2 fully saturated rings. The van der Waals surface area contributed by atoms with Crippen LogP contribution in [0.25, 0.3) is 0 Å². The molecule has 1 aromatic heterocycles. The van der Waals surface area contributed by atoms with E-state index in [9.17, 15) is 4.79 Å². The maximum atomic E-state index is 12.7. The molecule has 0 radical (unpaired) electrons. The van der Waals surface area contributed by atoms with E-state index < -0.39 is 0 Å². The van der Waals surface area contributed by atoms with Crippen molar-refractivity contribution in [2.24, 2.45) is 11.8 Å². The lowest BCUT2D eigenvalue weighted by Crippen LogP contribution is -2.33. The van der Waals surface area contributed by atoms with Crippen LogP contribution in [-0.4, -0.2) is 42.1 Å². The minimum Gasteiger partial charge on any atom is -0.497 e. The summed E-state index contributed by atoms with van der Waals surface area (Å²) >= 11 is 0. The molecule has 1 aliphatic carbocycles. The van der Waals surface area contributed by atoms with Gasteiger partial charge in [-0.3, -0.25) is 9.78 Å². The van der Waals surface area contributed by atoms with Crippen LogP contribution in [0.3, 0.4) is 0 Å². The number of pyridine rings is 1. The normalized spacial score (nSPS) is 24.3. The third-order valence-electron chi connectivity index (χ3n) is 5.56. The van der Waals surface area contributed by atoms with Crippen molar-refractivity contribution in [2.75, 3.05) is 20.2 Å². The molecule has 1 aromatic carbocycles. The molecule has 136 valence electrons. The van der Waals surface area contributed by atoms with Crippen molar-refractivity contribution in [1.29, 1.82) is 0 Å². The first-order chi connectivity index (χ1) is 12.7. The van der Waals surface area contributed by atoms with Gasteiger partial charge in [0.15, 0.2) is 0 Å². The lowest BCUT2D eigenvalue weighted by Gasteiger charge is -2.22. The number of benzene rings is 1. The number of carbonyl (C=O) groups excluding carboxylic acids is 1. The predicted molar refractivity (Wildman–Crippen MR) is 98.1 cm³/mol. The van der Waals surface area contributed by atoms with Crippen molar-refractivity contribution in [1.82, 2.24) is 9.88 Å². The molecule has 5 heteroatoms. The van der Waals surface area contributed by atoms with E-state index in [2.05, 4.69) is 4.98 Å². The molecule has 0 unspecified atom stereocenters. The molecule has 1 saturated heterocycles. The van der Waals surface area contributed by atoms with Crippen LogP contribution >= 0.6 is 0 Å². The van der Waals surface area contributed by atoms with Gasteiger partial charge < -0.3 is 14.4 Å². The molecular weight excluding hydrogens is 328 g/mol. The third-order valence-corrected chi connectivity index (χ3v) is 5.56. The van der Waals surface area contributed by atoms with Crippen LogP contribution in [0.5, 0.6) is 11.5 Å². The Morgan fingerprint density at radius 1 is 1.19 bits per heavy atom. The number of hydrogen-bond acceptors (Lipinski definition) is 4. The van der Waals surface area contributed by atoms with Gasteiger partial charge in [0, 0.05) is 25.2 Å². The molecule has 5 nitrogen and oxygen atoms in total. The summed E-state index contributed by atoms with van der Waals surface area (Å²) in [4.78, 5) is 18.9. The number of hydrogen-bond donors (Lipinski definition) is 0. The molecule has 1 amide bonds. The van der Waals surface area contributed by atoms with E-state index in [0.29, 0.717) is 18.3 Å². The number of likely N-dealkylation sites (tertiary alicyclic amines) is 1. The summed E-state index contributed by atoms with van der Waals surface area (Å²) in [6, 6.07) is 11.6. The van der Waals surface area contributed by atoms with Crippen LogP contribution in [0.2, 0.25) is 0 Å². The lowest BCUT2D eigenvalue weighted by molar-refractivity contribution is -0.129. The highest BCUT2D eigenvalue weighted by Gasteiger charge is 2.45. The van der Waals surface area contributed by atoms with Crippen LogP contribution in [0.1, 0.15) is 18.4 Å². The first-order valence-electron chi connectivity index (χ1n) is 9.20. The van der Waals surface area contributed by atoms with Crippen LogP contribution < -0.4 is 9.47 Å². The molecular formula is C21H24N2O3. The number of amides is 1. The Morgan fingerprint density at radius 3 is 2.88 bits per heavy atom. The zero-order valence-corrected chi connectivity index (χ0v) is 15.0. The molecule has 4 rings (SSSR count). The minimum atomic E-state index is 0.179. The fourth-order valence-electron chi connectivity index (χ4n) is 4.23. The highest BCUT2D eigenvalue weighted by atomic mass is 16.5. The van der Waals surface area contributed by atoms with Gasteiger partial charge >= 0.3 is 0 Å². The summed E-state index contributed by atoms with van der Waals surface area (Å²) in [6.07, 6.45) is 6.29. The zero-order valence-electron chi connectivity index (χ0n) is 15.0. The number of ether oxygens (including phenoxy) is 2. The maximum Gasteiger partial charge on any atom is 0.227 e. The number of methoxy groups -OCH3 is 1. The summed E-state index contributed by atoms with van der Waals surface area (Å²) in [5.41, 5.74) is 0.995. The molecule has 3 atom stereocenters. The smallest absolute Gasteiger partial charge is 0.227 e. The van der Waals surface area contributed by atoms with Crippen molar-refractivity contribution in [2.45, 2.75) is 25.4 Å². The highest BCUT2D eigenvalue weighted by Crippen LogP contribution is 2.40. The standard InChI is InChI=1S/C21H24N2O3/c1-25-17-5-2-4-15(10-17)11-21(24)23-13-16-7-8-20(19(16)14-23)26-18-6-3-9-22-12-18/h2-6,9-10,12,16,19-20H,7-8,11,13-14H2,1H3/t16-,19+,20+/m1/s1. The van der Waals surface area contributed by atoms with E-state index in [1.807, 2.05) is 41.3 Å². The Morgan fingerprint density at radius 2 is 2.08 bits per heavy atom. The van der Waals surface area contributed by atoms with Crippen LogP contribution in [0.15, 0.2) is 48.8 Å². The number of fused-ring (bicyclic) bond motifs is 1. The Bertz CT molecular complexity index is 765. The maximum absolute atomic E-state index is 12.7. The van der Waals surface area contributed by atoms with Gasteiger partial charge in [0.05, 0.1) is 19.7 Å². The number of nitrogens with zero attached hydrogens (tertiary/aromatic N) is 2. The predicted octanol–water partition coefficient (Wildman–Crippen LogP) is 2.95. The van der Waals surface area contributed by atoms with Gasteiger partial charge in [0.1, 0.15) is 17.6 Å². The molecule has 0 N–H and O–H groups in total. The Balaban J connectivity index is 1.37. The SMILES string of the molecule is COc1cccc(CC(=O)N2C[C@H]3CC[C@H](Oc4cccnc4)[C@H]3C2)c1. The van der Waals surface area contributed by atoms with Crippen molar-refractivity contribution in [3.63, 3.8) is 0 Å². The Hall–Kier alpha value is -2.56. The molecule has 2 heterocycles.